The molecule has 0 aromatic heterocycles. The number of halogens is 4. The first-order valence-corrected chi connectivity index (χ1v) is 13.8. The quantitative estimate of drug-likeness (QED) is 0.0750. The maximum Gasteiger partial charge on any atom is 0.490 e. The number of nitrogens with one attached hydrogen (secondary N) is 3. The second-order valence-corrected chi connectivity index (χ2v) is 10.1. The molecular weight excluding hydrogens is 641 g/mol. The third-order valence-corrected chi connectivity index (χ3v) is 6.60. The van der Waals surface area contributed by atoms with Crippen molar-refractivity contribution >= 4 is 57.6 Å². The average Bonchev–Trinajstić information content (AvgIpc) is 3.01. The number of hydrogen-bond donors (Lipinski definition) is 6. The molecule has 0 atom stereocenters. The van der Waals surface area contributed by atoms with E-state index in [1.807, 2.05) is 24.3 Å². The van der Waals surface area contributed by atoms with Gasteiger partial charge in [0, 0.05) is 27.5 Å². The van der Waals surface area contributed by atoms with Gasteiger partial charge in [-0.3, -0.25) is 5.41 Å². The van der Waals surface area contributed by atoms with Gasteiger partial charge in [-0.05, 0) is 77.0 Å². The summed E-state index contributed by atoms with van der Waals surface area (Å²) >= 11 is 6.01. The lowest BCUT2D eigenvalue weighted by Gasteiger charge is -2.16. The molecule has 0 spiro atoms. The minimum absolute atomic E-state index is 0.0149. The van der Waals surface area contributed by atoms with Gasteiger partial charge in [-0.2, -0.15) is 13.2 Å². The van der Waals surface area contributed by atoms with E-state index in [-0.39, 0.29) is 11.4 Å². The van der Waals surface area contributed by atoms with Crippen molar-refractivity contribution in [1.29, 1.82) is 5.41 Å². The van der Waals surface area contributed by atoms with Crippen LogP contribution in [0.1, 0.15) is 15.9 Å². The highest BCUT2D eigenvalue weighted by molar-refractivity contribution is 6.30. The van der Waals surface area contributed by atoms with Gasteiger partial charge in [0.2, 0.25) is 0 Å². The summed E-state index contributed by atoms with van der Waals surface area (Å²) in [5.41, 5.74) is 8.17. The van der Waals surface area contributed by atoms with E-state index in [2.05, 4.69) is 10.6 Å². The molecule has 0 aliphatic heterocycles. The molecule has 2 amide bonds. The van der Waals surface area contributed by atoms with Gasteiger partial charge < -0.3 is 31.3 Å². The molecule has 47 heavy (non-hydrogen) atoms. The number of aromatic carboxylic acids is 1. The molecule has 7 N–H and O–H groups in total. The number of carboxylic acid groups (broad SMARTS) is 2. The zero-order valence-electron chi connectivity index (χ0n) is 23.9. The fourth-order valence-electron chi connectivity index (χ4n) is 4.25. The number of urea groups is 1. The number of aliphatic carboxylic acids is 1. The van der Waals surface area contributed by atoms with Gasteiger partial charge in [0.1, 0.15) is 17.3 Å². The number of anilines is 2. The Morgan fingerprint density at radius 1 is 0.766 bits per heavy atom. The lowest BCUT2D eigenvalue weighted by atomic mass is 9.98. The third kappa shape index (κ3) is 8.99. The van der Waals surface area contributed by atoms with E-state index < -0.39 is 24.1 Å². The molecule has 0 saturated carbocycles. The Hall–Kier alpha value is -6.08. The summed E-state index contributed by atoms with van der Waals surface area (Å²) in [5.74, 6) is -2.94. The van der Waals surface area contributed by atoms with Gasteiger partial charge in [0.25, 0.3) is 0 Å². The fourth-order valence-corrected chi connectivity index (χ4v) is 4.44. The molecular formula is C33H24ClF3N4O6. The normalized spacial score (nSPS) is 10.7. The van der Waals surface area contributed by atoms with Crippen molar-refractivity contribution < 1.29 is 42.5 Å². The Bertz CT molecular complexity index is 2000. The van der Waals surface area contributed by atoms with Crippen LogP contribution in [0, 0.1) is 5.41 Å². The van der Waals surface area contributed by atoms with Crippen molar-refractivity contribution in [3.05, 3.63) is 119 Å². The summed E-state index contributed by atoms with van der Waals surface area (Å²) in [6.07, 6.45) is -5.08. The number of nitrogen functional groups attached to an aromatic ring is 1. The third-order valence-electron chi connectivity index (χ3n) is 6.36. The highest BCUT2D eigenvalue weighted by Gasteiger charge is 2.38. The van der Waals surface area contributed by atoms with Gasteiger partial charge in [-0.1, -0.05) is 54.1 Å². The summed E-state index contributed by atoms with van der Waals surface area (Å²) < 4.78 is 38.0. The lowest BCUT2D eigenvalue weighted by molar-refractivity contribution is -0.192. The Balaban J connectivity index is 0.000000644. The number of benzene rings is 5. The van der Waals surface area contributed by atoms with Crippen molar-refractivity contribution in [3.63, 3.8) is 0 Å². The molecule has 240 valence electrons. The number of carbonyl (C=O) groups is 3. The largest absolute Gasteiger partial charge is 0.490 e. The van der Waals surface area contributed by atoms with E-state index in [1.54, 1.807) is 72.8 Å². The van der Waals surface area contributed by atoms with Crippen LogP contribution in [0.2, 0.25) is 5.02 Å². The molecule has 5 rings (SSSR count). The second-order valence-electron chi connectivity index (χ2n) is 9.69. The zero-order chi connectivity index (χ0) is 34.3. The smallest absolute Gasteiger partial charge is 0.478 e. The van der Waals surface area contributed by atoms with Crippen molar-refractivity contribution in [3.8, 4) is 22.6 Å². The number of carbonyl (C=O) groups excluding carboxylic acids is 1. The molecule has 0 aliphatic rings. The second kappa shape index (κ2) is 14.3. The number of hydrogen-bond acceptors (Lipinski definition) is 5. The molecule has 5 aromatic carbocycles. The standard InChI is InChI=1S/C31H23ClN4O4.C2HF3O2/c32-21-4-3-5-22(16-21)35-31(39)36-23-11-13-28(27(17-23)25-6-1-2-7-26(25)30(37)38)40-24-12-10-18-14-20(29(33)34)9-8-19(18)15-24;3-2(4,5)1(6)7/h1-17H,(H3,33,34)(H,37,38)(H2,35,36,39);(H,6,7). The Labute approximate surface area is 269 Å². The molecule has 0 bridgehead atoms. The highest BCUT2D eigenvalue weighted by atomic mass is 35.5. The number of rotatable bonds is 7. The SMILES string of the molecule is N=C(N)c1ccc2cc(Oc3ccc(NC(=O)Nc4cccc(Cl)c4)cc3-c3ccccc3C(=O)O)ccc2c1.O=C(O)C(F)(F)F. The van der Waals surface area contributed by atoms with Crippen LogP contribution in [0.3, 0.4) is 0 Å². The number of fused-ring (bicyclic) bond motifs is 1. The maximum atomic E-state index is 12.7. The Morgan fingerprint density at radius 3 is 2.04 bits per heavy atom. The number of alkyl halides is 3. The first-order chi connectivity index (χ1) is 22.2. The van der Waals surface area contributed by atoms with Gasteiger partial charge in [0.15, 0.2) is 0 Å². The van der Waals surface area contributed by atoms with Crippen LogP contribution in [-0.2, 0) is 4.79 Å². The van der Waals surface area contributed by atoms with Crippen LogP contribution in [0.5, 0.6) is 11.5 Å². The number of amidine groups is 1. The Kier molecular flexibility index (Phi) is 10.3. The van der Waals surface area contributed by atoms with Gasteiger partial charge in [0.05, 0.1) is 5.56 Å². The van der Waals surface area contributed by atoms with Crippen LogP contribution in [-0.4, -0.2) is 40.2 Å². The predicted octanol–water partition coefficient (Wildman–Crippen LogP) is 8.21. The van der Waals surface area contributed by atoms with Crippen LogP contribution in [0.4, 0.5) is 29.3 Å². The number of ether oxygens (including phenoxy) is 1. The van der Waals surface area contributed by atoms with E-state index in [1.165, 1.54) is 6.07 Å². The predicted molar refractivity (Wildman–Crippen MR) is 172 cm³/mol. The summed E-state index contributed by atoms with van der Waals surface area (Å²) in [7, 11) is 0. The molecule has 0 heterocycles. The molecule has 0 radical (unpaired) electrons. The van der Waals surface area contributed by atoms with E-state index in [0.29, 0.717) is 44.6 Å². The summed E-state index contributed by atoms with van der Waals surface area (Å²) in [6, 6.07) is 28.8. The van der Waals surface area contributed by atoms with E-state index in [9.17, 15) is 27.9 Å². The van der Waals surface area contributed by atoms with E-state index >= 15 is 0 Å². The summed E-state index contributed by atoms with van der Waals surface area (Å²) in [4.78, 5) is 33.6. The number of nitrogens with two attached hydrogens (primary N) is 1. The number of carboxylic acids is 2. The minimum atomic E-state index is -5.08. The lowest BCUT2D eigenvalue weighted by Crippen LogP contribution is -2.21. The van der Waals surface area contributed by atoms with Crippen LogP contribution >= 0.6 is 11.6 Å². The molecule has 5 aromatic rings. The zero-order valence-corrected chi connectivity index (χ0v) is 24.7. The topological polar surface area (TPSA) is 175 Å². The monoisotopic (exact) mass is 664 g/mol. The van der Waals surface area contributed by atoms with Crippen LogP contribution < -0.4 is 21.1 Å². The van der Waals surface area contributed by atoms with Crippen molar-refractivity contribution in [1.82, 2.24) is 0 Å². The molecule has 0 aliphatic carbocycles. The highest BCUT2D eigenvalue weighted by Crippen LogP contribution is 2.38. The maximum absolute atomic E-state index is 12.7. The van der Waals surface area contributed by atoms with Crippen LogP contribution in [0.15, 0.2) is 103 Å². The van der Waals surface area contributed by atoms with Crippen molar-refractivity contribution in [2.24, 2.45) is 5.73 Å². The van der Waals surface area contributed by atoms with E-state index in [0.717, 1.165) is 10.8 Å². The molecule has 14 heteroatoms. The minimum Gasteiger partial charge on any atom is -0.478 e. The number of amides is 2. The van der Waals surface area contributed by atoms with Gasteiger partial charge >= 0.3 is 24.1 Å². The van der Waals surface area contributed by atoms with E-state index in [4.69, 9.17) is 37.4 Å². The Morgan fingerprint density at radius 2 is 1.40 bits per heavy atom. The van der Waals surface area contributed by atoms with Gasteiger partial charge in [-0.25, -0.2) is 14.4 Å². The first kappa shape index (κ1) is 33.8. The van der Waals surface area contributed by atoms with Gasteiger partial charge in [-0.15, -0.1) is 0 Å². The van der Waals surface area contributed by atoms with Crippen LogP contribution in [0.25, 0.3) is 21.9 Å². The summed E-state index contributed by atoms with van der Waals surface area (Å²) in [5, 5.41) is 32.4. The molecule has 0 fully saturated rings. The molecule has 10 nitrogen and oxygen atoms in total. The fraction of sp³-hybridized carbons (Fsp3) is 0.0303. The van der Waals surface area contributed by atoms with Crippen molar-refractivity contribution in [2.45, 2.75) is 6.18 Å². The summed E-state index contributed by atoms with van der Waals surface area (Å²) in [6.45, 7) is 0. The first-order valence-electron chi connectivity index (χ1n) is 13.4. The average molecular weight is 665 g/mol. The van der Waals surface area contributed by atoms with Crippen molar-refractivity contribution in [2.75, 3.05) is 10.6 Å². The molecule has 0 unspecified atom stereocenters. The molecule has 0 saturated heterocycles.